The van der Waals surface area contributed by atoms with Crippen LogP contribution in [-0.4, -0.2) is 5.91 Å². The molecule has 2 nitrogen and oxygen atoms in total. The standard InChI is InChI=1S/C8H5ClF3NOS/c9-5-3-1-2-4(8(10,11)12)6(5)7(14)13-15/h1-3,15H,(H,13,14). The summed E-state index contributed by atoms with van der Waals surface area (Å²) >= 11 is 8.91. The zero-order valence-corrected chi connectivity index (χ0v) is 8.75. The number of rotatable bonds is 1. The number of thiol groups is 1. The minimum atomic E-state index is -4.62. The highest BCUT2D eigenvalue weighted by Gasteiger charge is 2.36. The van der Waals surface area contributed by atoms with Gasteiger partial charge in [0, 0.05) is 0 Å². The van der Waals surface area contributed by atoms with Gasteiger partial charge < -0.3 is 0 Å². The average molecular weight is 256 g/mol. The normalized spacial score (nSPS) is 11.3. The van der Waals surface area contributed by atoms with Crippen molar-refractivity contribution in [2.24, 2.45) is 0 Å². The second-order valence-electron chi connectivity index (χ2n) is 2.60. The van der Waals surface area contributed by atoms with E-state index in [-0.39, 0.29) is 5.02 Å². The molecule has 0 radical (unpaired) electrons. The largest absolute Gasteiger partial charge is 0.417 e. The van der Waals surface area contributed by atoms with Crippen LogP contribution in [-0.2, 0) is 6.18 Å². The van der Waals surface area contributed by atoms with Gasteiger partial charge in [0.05, 0.1) is 16.1 Å². The van der Waals surface area contributed by atoms with E-state index in [0.717, 1.165) is 12.1 Å². The summed E-state index contributed by atoms with van der Waals surface area (Å²) in [5.74, 6) is -0.990. The van der Waals surface area contributed by atoms with Crippen molar-refractivity contribution in [3.63, 3.8) is 0 Å². The van der Waals surface area contributed by atoms with Gasteiger partial charge in [0.1, 0.15) is 0 Å². The van der Waals surface area contributed by atoms with Crippen molar-refractivity contribution < 1.29 is 18.0 Å². The van der Waals surface area contributed by atoms with Crippen LogP contribution in [0.25, 0.3) is 0 Å². The smallest absolute Gasteiger partial charge is 0.299 e. The summed E-state index contributed by atoms with van der Waals surface area (Å²) in [5, 5.41) is -0.267. The van der Waals surface area contributed by atoms with Crippen LogP contribution in [0.4, 0.5) is 13.2 Å². The molecule has 15 heavy (non-hydrogen) atoms. The van der Waals surface area contributed by atoms with Crippen LogP contribution in [0, 0.1) is 0 Å². The minimum absolute atomic E-state index is 0.267. The average Bonchev–Trinajstić information content (AvgIpc) is 2.15. The van der Waals surface area contributed by atoms with Gasteiger partial charge in [-0.25, -0.2) is 0 Å². The van der Waals surface area contributed by atoms with Gasteiger partial charge in [-0.1, -0.05) is 30.5 Å². The van der Waals surface area contributed by atoms with Crippen molar-refractivity contribution in [3.05, 3.63) is 34.3 Å². The third-order valence-corrected chi connectivity index (χ3v) is 2.17. The molecule has 0 saturated heterocycles. The summed E-state index contributed by atoms with van der Waals surface area (Å²) < 4.78 is 39.2. The minimum Gasteiger partial charge on any atom is -0.299 e. The molecule has 0 unspecified atom stereocenters. The first-order valence-corrected chi connectivity index (χ1v) is 4.50. The third-order valence-electron chi connectivity index (χ3n) is 1.65. The summed E-state index contributed by atoms with van der Waals surface area (Å²) in [4.78, 5) is 11.1. The van der Waals surface area contributed by atoms with Crippen LogP contribution in [0.5, 0.6) is 0 Å². The zero-order chi connectivity index (χ0) is 11.6. The SMILES string of the molecule is O=C(NS)c1c(Cl)cccc1C(F)(F)F. The molecule has 0 aliphatic rings. The fourth-order valence-electron chi connectivity index (χ4n) is 1.05. The number of hydrogen-bond acceptors (Lipinski definition) is 2. The number of carbonyl (C=O) groups excluding carboxylic acids is 1. The van der Waals surface area contributed by atoms with E-state index in [2.05, 4.69) is 12.8 Å². The molecule has 0 aliphatic heterocycles. The van der Waals surface area contributed by atoms with E-state index in [4.69, 9.17) is 11.6 Å². The Balaban J connectivity index is 3.40. The predicted molar refractivity (Wildman–Crippen MR) is 52.9 cm³/mol. The Hall–Kier alpha value is -0.880. The molecule has 1 N–H and O–H groups in total. The van der Waals surface area contributed by atoms with Crippen molar-refractivity contribution >= 4 is 30.3 Å². The third kappa shape index (κ3) is 2.57. The summed E-state index contributed by atoms with van der Waals surface area (Å²) in [7, 11) is 0. The number of alkyl halides is 3. The van der Waals surface area contributed by atoms with E-state index >= 15 is 0 Å². The van der Waals surface area contributed by atoms with Gasteiger partial charge in [0.2, 0.25) is 0 Å². The number of halogens is 4. The molecule has 0 saturated carbocycles. The van der Waals surface area contributed by atoms with Gasteiger partial charge in [0.15, 0.2) is 0 Å². The summed E-state index contributed by atoms with van der Waals surface area (Å²) in [6.07, 6.45) is -4.62. The topological polar surface area (TPSA) is 29.1 Å². The second kappa shape index (κ2) is 4.32. The van der Waals surface area contributed by atoms with Crippen LogP contribution in [0.2, 0.25) is 5.02 Å². The molecule has 0 aliphatic carbocycles. The molecule has 1 amide bonds. The van der Waals surface area contributed by atoms with Crippen molar-refractivity contribution in [1.82, 2.24) is 4.72 Å². The Morgan fingerprint density at radius 1 is 1.40 bits per heavy atom. The van der Waals surface area contributed by atoms with E-state index in [1.165, 1.54) is 6.07 Å². The van der Waals surface area contributed by atoms with Gasteiger partial charge in [0.25, 0.3) is 5.91 Å². The number of carbonyl (C=O) groups is 1. The van der Waals surface area contributed by atoms with Gasteiger partial charge >= 0.3 is 6.18 Å². The van der Waals surface area contributed by atoms with Crippen molar-refractivity contribution in [3.8, 4) is 0 Å². The lowest BCUT2D eigenvalue weighted by atomic mass is 10.1. The molecule has 0 spiro atoms. The Morgan fingerprint density at radius 2 is 2.00 bits per heavy atom. The lowest BCUT2D eigenvalue weighted by Crippen LogP contribution is -2.19. The lowest BCUT2D eigenvalue weighted by molar-refractivity contribution is -0.137. The molecule has 1 aromatic rings. The maximum Gasteiger partial charge on any atom is 0.417 e. The second-order valence-corrected chi connectivity index (χ2v) is 3.23. The summed E-state index contributed by atoms with van der Waals surface area (Å²) in [6, 6.07) is 3.11. The summed E-state index contributed by atoms with van der Waals surface area (Å²) in [5.41, 5.74) is -1.71. The van der Waals surface area contributed by atoms with Crippen LogP contribution in [0.15, 0.2) is 18.2 Å². The Labute approximate surface area is 94.0 Å². The highest BCUT2D eigenvalue weighted by Crippen LogP contribution is 2.34. The first-order chi connectivity index (χ1) is 6.88. The maximum absolute atomic E-state index is 12.5. The first kappa shape index (κ1) is 12.2. The van der Waals surface area contributed by atoms with Crippen molar-refractivity contribution in [2.75, 3.05) is 0 Å². The Kier molecular flexibility index (Phi) is 3.51. The Bertz CT molecular complexity index is 394. The number of amides is 1. The fraction of sp³-hybridized carbons (Fsp3) is 0.125. The highest BCUT2D eigenvalue weighted by molar-refractivity contribution is 7.78. The van der Waals surface area contributed by atoms with Crippen LogP contribution in [0.3, 0.4) is 0 Å². The van der Waals surface area contributed by atoms with Crippen molar-refractivity contribution in [2.45, 2.75) is 6.18 Å². The molecule has 82 valence electrons. The maximum atomic E-state index is 12.5. The van der Waals surface area contributed by atoms with E-state index in [1.807, 2.05) is 0 Å². The highest BCUT2D eigenvalue weighted by atomic mass is 35.5. The predicted octanol–water partition coefficient (Wildman–Crippen LogP) is 2.93. The van der Waals surface area contributed by atoms with E-state index in [1.54, 1.807) is 4.72 Å². The van der Waals surface area contributed by atoms with Crippen molar-refractivity contribution in [1.29, 1.82) is 0 Å². The molecule has 0 fully saturated rings. The molecular weight excluding hydrogens is 251 g/mol. The number of hydrogen-bond donors (Lipinski definition) is 2. The van der Waals surface area contributed by atoms with Crippen LogP contribution < -0.4 is 4.72 Å². The van der Waals surface area contributed by atoms with Crippen LogP contribution in [0.1, 0.15) is 15.9 Å². The molecule has 0 bridgehead atoms. The van der Waals surface area contributed by atoms with E-state index in [9.17, 15) is 18.0 Å². The molecule has 1 rings (SSSR count). The first-order valence-electron chi connectivity index (χ1n) is 3.68. The van der Waals surface area contributed by atoms with E-state index in [0.29, 0.717) is 0 Å². The Morgan fingerprint density at radius 3 is 2.47 bits per heavy atom. The molecular formula is C8H5ClF3NOS. The molecule has 7 heteroatoms. The quantitative estimate of drug-likeness (QED) is 0.743. The summed E-state index contributed by atoms with van der Waals surface area (Å²) in [6.45, 7) is 0. The number of nitrogens with one attached hydrogen (secondary N) is 1. The van der Waals surface area contributed by atoms with Gasteiger partial charge in [-0.2, -0.15) is 13.2 Å². The van der Waals surface area contributed by atoms with Gasteiger partial charge in [-0.15, -0.1) is 0 Å². The molecule has 1 aromatic carbocycles. The van der Waals surface area contributed by atoms with Gasteiger partial charge in [-0.05, 0) is 12.1 Å². The van der Waals surface area contributed by atoms with E-state index < -0.39 is 23.2 Å². The monoisotopic (exact) mass is 255 g/mol. The molecule has 0 atom stereocenters. The van der Waals surface area contributed by atoms with Crippen LogP contribution >= 0.6 is 24.4 Å². The zero-order valence-electron chi connectivity index (χ0n) is 7.10. The number of benzene rings is 1. The van der Waals surface area contributed by atoms with Gasteiger partial charge in [-0.3, -0.25) is 9.52 Å². The molecule has 0 aromatic heterocycles. The molecule has 0 heterocycles. The lowest BCUT2D eigenvalue weighted by Gasteiger charge is -2.12. The fourth-order valence-corrected chi connectivity index (χ4v) is 1.42.